The summed E-state index contributed by atoms with van der Waals surface area (Å²) in [5.41, 5.74) is -0.407. The Morgan fingerprint density at radius 1 is 1.50 bits per heavy atom. The molecule has 2 bridgehead atoms. The lowest BCUT2D eigenvalue weighted by Gasteiger charge is -2.28. The average Bonchev–Trinajstić information content (AvgIpc) is 2.62. The molecule has 2 rings (SSSR count). The van der Waals surface area contributed by atoms with Gasteiger partial charge >= 0.3 is 5.97 Å². The first kappa shape index (κ1) is 9.93. The summed E-state index contributed by atoms with van der Waals surface area (Å²) in [5.74, 6) is -0.134. The van der Waals surface area contributed by atoms with Crippen LogP contribution in [0, 0.1) is 5.41 Å². The molecule has 2 saturated heterocycles. The van der Waals surface area contributed by atoms with Gasteiger partial charge in [-0.3, -0.25) is 0 Å². The Balaban J connectivity index is 1.90. The third kappa shape index (κ3) is 1.77. The first-order valence-electron chi connectivity index (χ1n) is 5.19. The van der Waals surface area contributed by atoms with E-state index in [1.54, 1.807) is 0 Å². The topological polar surface area (TPSA) is 41.6 Å². The van der Waals surface area contributed by atoms with Gasteiger partial charge in [0.25, 0.3) is 0 Å². The van der Waals surface area contributed by atoms with Gasteiger partial charge in [-0.1, -0.05) is 0 Å². The van der Waals surface area contributed by atoms with Crippen LogP contribution < -0.4 is 5.32 Å². The zero-order chi connectivity index (χ0) is 10.3. The molecule has 2 heterocycles. The first-order chi connectivity index (χ1) is 6.47. The molecule has 0 radical (unpaired) electrons. The lowest BCUT2D eigenvalue weighted by atomic mass is 9.98. The van der Waals surface area contributed by atoms with Crippen molar-refractivity contribution in [1.82, 2.24) is 10.4 Å². The van der Waals surface area contributed by atoms with E-state index in [-0.39, 0.29) is 5.97 Å². The molecule has 0 spiro atoms. The lowest BCUT2D eigenvalue weighted by Crippen LogP contribution is -2.45. The van der Waals surface area contributed by atoms with Gasteiger partial charge in [0.1, 0.15) is 0 Å². The van der Waals surface area contributed by atoms with E-state index in [1.165, 1.54) is 0 Å². The lowest BCUT2D eigenvalue weighted by molar-refractivity contribution is -0.206. The molecule has 0 unspecified atom stereocenters. The summed E-state index contributed by atoms with van der Waals surface area (Å²) in [6.07, 6.45) is 1.11. The molecule has 0 aromatic rings. The highest BCUT2D eigenvalue weighted by atomic mass is 16.7. The van der Waals surface area contributed by atoms with Gasteiger partial charge in [0, 0.05) is 12.6 Å². The molecule has 4 nitrogen and oxygen atoms in total. The van der Waals surface area contributed by atoms with Crippen molar-refractivity contribution in [3.63, 3.8) is 0 Å². The van der Waals surface area contributed by atoms with E-state index in [0.717, 1.165) is 19.5 Å². The van der Waals surface area contributed by atoms with Gasteiger partial charge < -0.3 is 10.2 Å². The van der Waals surface area contributed by atoms with Crippen molar-refractivity contribution in [3.8, 4) is 0 Å². The standard InChI is InChI=1S/C10H18N2O2/c1-10(2,3)9(13)14-12-6-7-4-8(12)5-11-7/h7-8,11H,4-6H2,1-3H3/t7-,8-/m0/s1. The number of hydroxylamine groups is 2. The number of piperazine rings is 1. The first-order valence-corrected chi connectivity index (χ1v) is 5.19. The van der Waals surface area contributed by atoms with Crippen molar-refractivity contribution >= 4 is 5.97 Å². The Morgan fingerprint density at radius 2 is 2.21 bits per heavy atom. The van der Waals surface area contributed by atoms with E-state index >= 15 is 0 Å². The van der Waals surface area contributed by atoms with Gasteiger partial charge in [0.15, 0.2) is 0 Å². The molecular formula is C10H18N2O2. The third-order valence-corrected chi connectivity index (χ3v) is 2.82. The Kier molecular flexibility index (Phi) is 2.27. The molecule has 0 saturated carbocycles. The van der Waals surface area contributed by atoms with Crippen LogP contribution in [0.3, 0.4) is 0 Å². The van der Waals surface area contributed by atoms with Crippen LogP contribution in [0.1, 0.15) is 27.2 Å². The fourth-order valence-corrected chi connectivity index (χ4v) is 1.88. The van der Waals surface area contributed by atoms with E-state index < -0.39 is 5.41 Å². The monoisotopic (exact) mass is 198 g/mol. The van der Waals surface area contributed by atoms with Crippen LogP contribution in [0.25, 0.3) is 0 Å². The zero-order valence-corrected chi connectivity index (χ0v) is 9.04. The van der Waals surface area contributed by atoms with Crippen molar-refractivity contribution in [2.24, 2.45) is 5.41 Å². The number of fused-ring (bicyclic) bond motifs is 2. The number of hydrogen-bond donors (Lipinski definition) is 1. The van der Waals surface area contributed by atoms with E-state index in [1.807, 2.05) is 25.8 Å². The molecule has 14 heavy (non-hydrogen) atoms. The Morgan fingerprint density at radius 3 is 2.64 bits per heavy atom. The summed E-state index contributed by atoms with van der Waals surface area (Å²) in [7, 11) is 0. The van der Waals surface area contributed by atoms with Crippen molar-refractivity contribution < 1.29 is 9.63 Å². The van der Waals surface area contributed by atoms with E-state index in [4.69, 9.17) is 4.84 Å². The molecule has 0 aliphatic carbocycles. The molecule has 4 heteroatoms. The highest BCUT2D eigenvalue weighted by Gasteiger charge is 2.41. The maximum atomic E-state index is 11.6. The third-order valence-electron chi connectivity index (χ3n) is 2.82. The molecule has 0 aromatic heterocycles. The van der Waals surface area contributed by atoms with Gasteiger partial charge in [-0.25, -0.2) is 4.79 Å². The van der Waals surface area contributed by atoms with Crippen LogP contribution in [0.2, 0.25) is 0 Å². The Hall–Kier alpha value is -0.610. The van der Waals surface area contributed by atoms with Crippen LogP contribution in [-0.4, -0.2) is 36.2 Å². The number of rotatable bonds is 1. The van der Waals surface area contributed by atoms with Crippen LogP contribution in [0.4, 0.5) is 0 Å². The molecule has 1 N–H and O–H groups in total. The minimum Gasteiger partial charge on any atom is -0.367 e. The van der Waals surface area contributed by atoms with Crippen LogP contribution in [-0.2, 0) is 9.63 Å². The van der Waals surface area contributed by atoms with Crippen LogP contribution in [0.15, 0.2) is 0 Å². The second kappa shape index (κ2) is 3.21. The second-order valence-corrected chi connectivity index (χ2v) is 5.22. The maximum Gasteiger partial charge on any atom is 0.330 e. The van der Waals surface area contributed by atoms with Gasteiger partial charge in [-0.05, 0) is 27.2 Å². The second-order valence-electron chi connectivity index (χ2n) is 5.22. The SMILES string of the molecule is CC(C)(C)C(=O)ON1C[C@@H]2C[C@H]1CN2. The highest BCUT2D eigenvalue weighted by molar-refractivity contribution is 5.75. The molecular weight excluding hydrogens is 180 g/mol. The zero-order valence-electron chi connectivity index (χ0n) is 9.04. The maximum absolute atomic E-state index is 11.6. The quantitative estimate of drug-likeness (QED) is 0.667. The predicted octanol–water partition coefficient (Wildman–Crippen LogP) is 0.537. The van der Waals surface area contributed by atoms with Crippen molar-refractivity contribution in [3.05, 3.63) is 0 Å². The Labute approximate surface area is 84.6 Å². The van der Waals surface area contributed by atoms with Crippen LogP contribution >= 0.6 is 0 Å². The van der Waals surface area contributed by atoms with Crippen LogP contribution in [0.5, 0.6) is 0 Å². The summed E-state index contributed by atoms with van der Waals surface area (Å²) < 4.78 is 0. The number of carbonyl (C=O) groups excluding carboxylic acids is 1. The van der Waals surface area contributed by atoms with Crippen molar-refractivity contribution in [2.75, 3.05) is 13.1 Å². The van der Waals surface area contributed by atoms with Gasteiger partial charge in [0.05, 0.1) is 18.0 Å². The van der Waals surface area contributed by atoms with Crippen molar-refractivity contribution in [2.45, 2.75) is 39.3 Å². The summed E-state index contributed by atoms with van der Waals surface area (Å²) in [4.78, 5) is 17.0. The highest BCUT2D eigenvalue weighted by Crippen LogP contribution is 2.25. The van der Waals surface area contributed by atoms with Crippen molar-refractivity contribution in [1.29, 1.82) is 0 Å². The smallest absolute Gasteiger partial charge is 0.330 e. The summed E-state index contributed by atoms with van der Waals surface area (Å²) >= 11 is 0. The number of hydrogen-bond acceptors (Lipinski definition) is 4. The number of nitrogens with zero attached hydrogens (tertiary/aromatic N) is 1. The number of carbonyl (C=O) groups is 1. The van der Waals surface area contributed by atoms with Gasteiger partial charge in [-0.2, -0.15) is 0 Å². The summed E-state index contributed by atoms with van der Waals surface area (Å²) in [6.45, 7) is 7.42. The Bertz CT molecular complexity index is 247. The normalized spacial score (nSPS) is 32.2. The fourth-order valence-electron chi connectivity index (χ4n) is 1.88. The van der Waals surface area contributed by atoms with E-state index in [0.29, 0.717) is 12.1 Å². The molecule has 0 aromatic carbocycles. The summed E-state index contributed by atoms with van der Waals surface area (Å²) in [5, 5.41) is 5.21. The predicted molar refractivity (Wildman–Crippen MR) is 52.4 cm³/mol. The van der Waals surface area contributed by atoms with Gasteiger partial charge in [0.2, 0.25) is 0 Å². The van der Waals surface area contributed by atoms with E-state index in [9.17, 15) is 4.79 Å². The van der Waals surface area contributed by atoms with Gasteiger partial charge in [-0.15, -0.1) is 5.06 Å². The minimum absolute atomic E-state index is 0.134. The summed E-state index contributed by atoms with van der Waals surface area (Å²) in [6, 6.07) is 0.916. The molecule has 2 aliphatic heterocycles. The molecule has 0 amide bonds. The minimum atomic E-state index is -0.407. The fraction of sp³-hybridized carbons (Fsp3) is 0.900. The molecule has 80 valence electrons. The largest absolute Gasteiger partial charge is 0.367 e. The number of nitrogens with one attached hydrogen (secondary N) is 1. The molecule has 2 atom stereocenters. The molecule has 2 aliphatic rings. The average molecular weight is 198 g/mol. The molecule has 2 fully saturated rings. The van der Waals surface area contributed by atoms with E-state index in [2.05, 4.69) is 5.32 Å².